The first kappa shape index (κ1) is 13.8. The Kier molecular flexibility index (Phi) is 4.76. The maximum absolute atomic E-state index is 5.88. The average molecular weight is 281 g/mol. The van der Waals surface area contributed by atoms with Gasteiger partial charge in [0.05, 0.1) is 24.5 Å². The maximum Gasteiger partial charge on any atom is 0.120 e. The number of rotatable bonds is 6. The molecule has 102 valence electrons. The van der Waals surface area contributed by atoms with Crippen LogP contribution < -0.4 is 10.5 Å². The van der Waals surface area contributed by atoms with Gasteiger partial charge in [-0.05, 0) is 24.6 Å². The molecule has 0 aliphatic heterocycles. The topological polar surface area (TPSA) is 66.0 Å². The second-order valence-electron chi connectivity index (χ2n) is 4.23. The molecule has 1 aromatic heterocycles. The highest BCUT2D eigenvalue weighted by molar-refractivity contribution is 6.30. The van der Waals surface area contributed by atoms with Crippen molar-refractivity contribution < 1.29 is 4.74 Å². The van der Waals surface area contributed by atoms with Gasteiger partial charge in [0, 0.05) is 5.02 Å². The summed E-state index contributed by atoms with van der Waals surface area (Å²) < 4.78 is 7.31. The zero-order valence-electron chi connectivity index (χ0n) is 10.8. The molecule has 2 N–H and O–H groups in total. The molecule has 0 saturated carbocycles. The van der Waals surface area contributed by atoms with Crippen LogP contribution in [0.5, 0.6) is 5.75 Å². The van der Waals surface area contributed by atoms with Crippen molar-refractivity contribution in [3.05, 3.63) is 41.2 Å². The van der Waals surface area contributed by atoms with Gasteiger partial charge >= 0.3 is 0 Å². The van der Waals surface area contributed by atoms with Crippen molar-refractivity contribution in [1.29, 1.82) is 0 Å². The van der Waals surface area contributed by atoms with E-state index >= 15 is 0 Å². The van der Waals surface area contributed by atoms with E-state index in [1.807, 2.05) is 31.3 Å². The second kappa shape index (κ2) is 6.54. The minimum Gasteiger partial charge on any atom is -0.492 e. The van der Waals surface area contributed by atoms with Gasteiger partial charge in [-0.2, -0.15) is 0 Å². The standard InChI is InChI=1S/C13H17ClN4O/c1-2-12(15)13-9-18(17-16-13)6-7-19-11-5-3-4-10(14)8-11/h3-5,8-9,12H,2,6-7,15H2,1H3. The van der Waals surface area contributed by atoms with E-state index in [0.717, 1.165) is 17.9 Å². The lowest BCUT2D eigenvalue weighted by molar-refractivity contribution is 0.289. The lowest BCUT2D eigenvalue weighted by atomic mass is 10.2. The van der Waals surface area contributed by atoms with E-state index < -0.39 is 0 Å². The number of nitrogens with zero attached hydrogens (tertiary/aromatic N) is 3. The van der Waals surface area contributed by atoms with E-state index in [1.165, 1.54) is 0 Å². The predicted molar refractivity (Wildman–Crippen MR) is 74.2 cm³/mol. The SMILES string of the molecule is CCC(N)c1cn(CCOc2cccc(Cl)c2)nn1. The van der Waals surface area contributed by atoms with E-state index in [-0.39, 0.29) is 6.04 Å². The van der Waals surface area contributed by atoms with Crippen molar-refractivity contribution in [2.75, 3.05) is 6.61 Å². The fraction of sp³-hybridized carbons (Fsp3) is 0.385. The van der Waals surface area contributed by atoms with Gasteiger partial charge in [0.15, 0.2) is 0 Å². The number of hydrogen-bond acceptors (Lipinski definition) is 4. The molecule has 1 aromatic carbocycles. The largest absolute Gasteiger partial charge is 0.492 e. The van der Waals surface area contributed by atoms with Crippen molar-refractivity contribution in [2.45, 2.75) is 25.9 Å². The van der Waals surface area contributed by atoms with Crippen LogP contribution in [0.2, 0.25) is 5.02 Å². The monoisotopic (exact) mass is 280 g/mol. The summed E-state index contributed by atoms with van der Waals surface area (Å²) in [5.74, 6) is 0.748. The third-order valence-electron chi connectivity index (χ3n) is 2.76. The number of ether oxygens (including phenoxy) is 1. The maximum atomic E-state index is 5.88. The first-order valence-corrected chi connectivity index (χ1v) is 6.61. The highest BCUT2D eigenvalue weighted by Crippen LogP contribution is 2.17. The van der Waals surface area contributed by atoms with Gasteiger partial charge in [-0.1, -0.05) is 29.8 Å². The van der Waals surface area contributed by atoms with Crippen LogP contribution in [0.15, 0.2) is 30.5 Å². The van der Waals surface area contributed by atoms with Crippen LogP contribution in [-0.4, -0.2) is 21.6 Å². The van der Waals surface area contributed by atoms with E-state index in [0.29, 0.717) is 18.2 Å². The van der Waals surface area contributed by atoms with E-state index in [4.69, 9.17) is 22.1 Å². The van der Waals surface area contributed by atoms with Crippen LogP contribution in [-0.2, 0) is 6.54 Å². The number of aromatic nitrogens is 3. The van der Waals surface area contributed by atoms with Crippen LogP contribution in [0, 0.1) is 0 Å². The summed E-state index contributed by atoms with van der Waals surface area (Å²) in [5, 5.41) is 8.71. The lowest BCUT2D eigenvalue weighted by Gasteiger charge is -2.06. The summed E-state index contributed by atoms with van der Waals surface area (Å²) >= 11 is 5.87. The van der Waals surface area contributed by atoms with Crippen molar-refractivity contribution in [3.8, 4) is 5.75 Å². The molecule has 19 heavy (non-hydrogen) atoms. The van der Waals surface area contributed by atoms with Gasteiger partial charge in [0.25, 0.3) is 0 Å². The molecule has 5 nitrogen and oxygen atoms in total. The molecule has 2 rings (SSSR count). The highest BCUT2D eigenvalue weighted by Gasteiger charge is 2.08. The van der Waals surface area contributed by atoms with E-state index in [1.54, 1.807) is 10.7 Å². The first-order valence-electron chi connectivity index (χ1n) is 6.23. The molecule has 1 heterocycles. The van der Waals surface area contributed by atoms with Gasteiger partial charge in [0.2, 0.25) is 0 Å². The quantitative estimate of drug-likeness (QED) is 0.882. The third kappa shape index (κ3) is 3.94. The molecule has 1 unspecified atom stereocenters. The highest BCUT2D eigenvalue weighted by atomic mass is 35.5. The zero-order chi connectivity index (χ0) is 13.7. The summed E-state index contributed by atoms with van der Waals surface area (Å²) in [6.07, 6.45) is 2.70. The summed E-state index contributed by atoms with van der Waals surface area (Å²) in [7, 11) is 0. The molecule has 0 aliphatic carbocycles. The summed E-state index contributed by atoms with van der Waals surface area (Å²) in [6, 6.07) is 7.26. The molecule has 1 atom stereocenters. The molecule has 0 saturated heterocycles. The Balaban J connectivity index is 1.84. The Morgan fingerprint density at radius 1 is 1.47 bits per heavy atom. The van der Waals surface area contributed by atoms with Crippen molar-refractivity contribution >= 4 is 11.6 Å². The van der Waals surface area contributed by atoms with Crippen LogP contribution >= 0.6 is 11.6 Å². The Labute approximate surface area is 117 Å². The van der Waals surface area contributed by atoms with E-state index in [9.17, 15) is 0 Å². The van der Waals surface area contributed by atoms with Crippen molar-refractivity contribution in [1.82, 2.24) is 15.0 Å². The Morgan fingerprint density at radius 3 is 3.05 bits per heavy atom. The molecule has 2 aromatic rings. The lowest BCUT2D eigenvalue weighted by Crippen LogP contribution is -2.10. The fourth-order valence-electron chi connectivity index (χ4n) is 1.62. The van der Waals surface area contributed by atoms with Crippen LogP contribution in [0.3, 0.4) is 0 Å². The summed E-state index contributed by atoms with van der Waals surface area (Å²) in [6.45, 7) is 3.15. The summed E-state index contributed by atoms with van der Waals surface area (Å²) in [4.78, 5) is 0. The molecule has 0 amide bonds. The van der Waals surface area contributed by atoms with Gasteiger partial charge < -0.3 is 10.5 Å². The number of hydrogen-bond donors (Lipinski definition) is 1. The smallest absolute Gasteiger partial charge is 0.120 e. The van der Waals surface area contributed by atoms with E-state index in [2.05, 4.69) is 10.3 Å². The first-order chi connectivity index (χ1) is 9.19. The van der Waals surface area contributed by atoms with Gasteiger partial charge in [0.1, 0.15) is 12.4 Å². The average Bonchev–Trinajstić information content (AvgIpc) is 2.87. The second-order valence-corrected chi connectivity index (χ2v) is 4.66. The van der Waals surface area contributed by atoms with Crippen LogP contribution in [0.1, 0.15) is 25.1 Å². The Bertz CT molecular complexity index is 529. The molecule has 0 aliphatic rings. The number of benzene rings is 1. The minimum absolute atomic E-state index is 0.0531. The zero-order valence-corrected chi connectivity index (χ0v) is 11.5. The molecular weight excluding hydrogens is 264 g/mol. The summed E-state index contributed by atoms with van der Waals surface area (Å²) in [5.41, 5.74) is 6.69. The Hall–Kier alpha value is -1.59. The molecule has 0 fully saturated rings. The minimum atomic E-state index is -0.0531. The third-order valence-corrected chi connectivity index (χ3v) is 3.00. The molecule has 0 spiro atoms. The molecule has 6 heteroatoms. The van der Waals surface area contributed by atoms with Gasteiger partial charge in [-0.3, -0.25) is 0 Å². The molecule has 0 radical (unpaired) electrons. The number of nitrogens with two attached hydrogens (primary N) is 1. The number of halogens is 1. The normalized spacial score (nSPS) is 12.4. The van der Waals surface area contributed by atoms with Crippen molar-refractivity contribution in [3.63, 3.8) is 0 Å². The fourth-order valence-corrected chi connectivity index (χ4v) is 1.80. The molecule has 0 bridgehead atoms. The molecular formula is C13H17ClN4O. The van der Waals surface area contributed by atoms with Gasteiger partial charge in [-0.15, -0.1) is 5.10 Å². The predicted octanol–water partition coefficient (Wildman–Crippen LogP) is 2.42. The Morgan fingerprint density at radius 2 is 2.32 bits per heavy atom. The van der Waals surface area contributed by atoms with Crippen LogP contribution in [0.25, 0.3) is 0 Å². The van der Waals surface area contributed by atoms with Crippen molar-refractivity contribution in [2.24, 2.45) is 5.73 Å². The van der Waals surface area contributed by atoms with Gasteiger partial charge in [-0.25, -0.2) is 4.68 Å². The van der Waals surface area contributed by atoms with Crippen LogP contribution in [0.4, 0.5) is 0 Å².